The third-order valence-electron chi connectivity index (χ3n) is 3.49. The van der Waals surface area contributed by atoms with Crippen LogP contribution in [-0.4, -0.2) is 29.3 Å². The molecule has 0 bridgehead atoms. The number of nitrogens with zero attached hydrogens (tertiary/aromatic N) is 2. The Morgan fingerprint density at radius 1 is 1.47 bits per heavy atom. The Morgan fingerprint density at radius 3 is 2.71 bits per heavy atom. The summed E-state index contributed by atoms with van der Waals surface area (Å²) in [4.78, 5) is 6.43. The number of likely N-dealkylation sites (N-methyl/N-ethyl adjacent to an activating group) is 1. The number of pyridine rings is 1. The van der Waals surface area contributed by atoms with Gasteiger partial charge in [0.15, 0.2) is 0 Å². The van der Waals surface area contributed by atoms with E-state index in [4.69, 9.17) is 0 Å². The van der Waals surface area contributed by atoms with Gasteiger partial charge in [-0.2, -0.15) is 0 Å². The molecule has 0 unspecified atom stereocenters. The van der Waals surface area contributed by atoms with E-state index in [2.05, 4.69) is 20.9 Å². The molecule has 17 heavy (non-hydrogen) atoms. The summed E-state index contributed by atoms with van der Waals surface area (Å²) in [6.07, 6.45) is 5.91. The predicted molar refractivity (Wildman–Crippen MR) is 73.4 cm³/mol. The second kappa shape index (κ2) is 4.94. The molecule has 4 heteroatoms. The third-order valence-corrected chi connectivity index (χ3v) is 4.32. The van der Waals surface area contributed by atoms with E-state index in [1.54, 1.807) is 0 Å². The van der Waals surface area contributed by atoms with Crippen LogP contribution >= 0.6 is 15.9 Å². The zero-order valence-electron chi connectivity index (χ0n) is 10.4. The Balaban J connectivity index is 2.08. The Bertz CT molecular complexity index is 402. The molecular formula is C13H19BrN2O. The largest absolute Gasteiger partial charge is 0.388 e. The maximum atomic E-state index is 10.4. The van der Waals surface area contributed by atoms with E-state index in [-0.39, 0.29) is 0 Å². The summed E-state index contributed by atoms with van der Waals surface area (Å²) in [6.45, 7) is 2.72. The second-order valence-electron chi connectivity index (χ2n) is 5.08. The average molecular weight is 299 g/mol. The van der Waals surface area contributed by atoms with Crippen molar-refractivity contribution in [2.45, 2.75) is 38.2 Å². The molecule has 1 N–H and O–H groups in total. The molecule has 1 aliphatic rings. The Morgan fingerprint density at radius 2 is 2.12 bits per heavy atom. The van der Waals surface area contributed by atoms with Crippen LogP contribution in [0.4, 0.5) is 5.82 Å². The maximum Gasteiger partial charge on any atom is 0.128 e. The van der Waals surface area contributed by atoms with Crippen LogP contribution in [0.3, 0.4) is 0 Å². The minimum Gasteiger partial charge on any atom is -0.388 e. The number of aromatic nitrogens is 1. The number of rotatable bonds is 3. The van der Waals surface area contributed by atoms with E-state index in [9.17, 15) is 5.11 Å². The van der Waals surface area contributed by atoms with E-state index < -0.39 is 5.60 Å². The van der Waals surface area contributed by atoms with Crippen LogP contribution in [0.15, 0.2) is 16.7 Å². The second-order valence-corrected chi connectivity index (χ2v) is 5.93. The zero-order valence-corrected chi connectivity index (χ0v) is 12.0. The van der Waals surface area contributed by atoms with Gasteiger partial charge in [0.25, 0.3) is 0 Å². The van der Waals surface area contributed by atoms with Gasteiger partial charge in [-0.1, -0.05) is 12.8 Å². The fraction of sp³-hybridized carbons (Fsp3) is 0.615. The maximum absolute atomic E-state index is 10.4. The summed E-state index contributed by atoms with van der Waals surface area (Å²) < 4.78 is 1.02. The number of hydrogen-bond donors (Lipinski definition) is 1. The molecule has 1 aromatic heterocycles. The molecule has 0 aromatic carbocycles. The molecule has 0 radical (unpaired) electrons. The van der Waals surface area contributed by atoms with Crippen molar-refractivity contribution in [2.24, 2.45) is 0 Å². The van der Waals surface area contributed by atoms with E-state index in [0.717, 1.165) is 36.0 Å². The molecule has 1 aliphatic carbocycles. The molecule has 1 heterocycles. The number of hydrogen-bond acceptors (Lipinski definition) is 3. The van der Waals surface area contributed by atoms with Crippen molar-refractivity contribution < 1.29 is 5.11 Å². The highest BCUT2D eigenvalue weighted by Gasteiger charge is 2.32. The number of anilines is 1. The monoisotopic (exact) mass is 298 g/mol. The molecular weight excluding hydrogens is 280 g/mol. The van der Waals surface area contributed by atoms with Gasteiger partial charge in [0.05, 0.1) is 5.60 Å². The van der Waals surface area contributed by atoms with Crippen LogP contribution in [0, 0.1) is 6.92 Å². The van der Waals surface area contributed by atoms with Crippen LogP contribution in [0.25, 0.3) is 0 Å². The predicted octanol–water partition coefficient (Wildman–Crippen LogP) is 2.89. The minimum atomic E-state index is -0.516. The average Bonchev–Trinajstić information content (AvgIpc) is 2.69. The first-order valence-electron chi connectivity index (χ1n) is 6.06. The number of halogens is 1. The lowest BCUT2D eigenvalue weighted by Gasteiger charge is -2.29. The molecule has 1 saturated carbocycles. The highest BCUT2D eigenvalue weighted by molar-refractivity contribution is 9.10. The standard InChI is InChI=1S/C13H19BrN2O/c1-10-7-12(15-8-11(10)14)16(2)9-13(17)5-3-4-6-13/h7-8,17H,3-6,9H2,1-2H3. The van der Waals surface area contributed by atoms with Gasteiger partial charge in [-0.05, 0) is 47.3 Å². The summed E-state index contributed by atoms with van der Waals surface area (Å²) in [5.41, 5.74) is 0.650. The van der Waals surface area contributed by atoms with Crippen LogP contribution in [0.2, 0.25) is 0 Å². The van der Waals surface area contributed by atoms with Crippen molar-refractivity contribution in [2.75, 3.05) is 18.5 Å². The van der Waals surface area contributed by atoms with Gasteiger partial charge >= 0.3 is 0 Å². The normalized spacial score (nSPS) is 18.4. The van der Waals surface area contributed by atoms with Crippen molar-refractivity contribution in [3.8, 4) is 0 Å². The van der Waals surface area contributed by atoms with Gasteiger partial charge in [0.2, 0.25) is 0 Å². The Kier molecular flexibility index (Phi) is 3.73. The van der Waals surface area contributed by atoms with Crippen LogP contribution in [0.1, 0.15) is 31.2 Å². The molecule has 0 aliphatic heterocycles. The smallest absolute Gasteiger partial charge is 0.128 e. The highest BCUT2D eigenvalue weighted by atomic mass is 79.9. The first-order valence-corrected chi connectivity index (χ1v) is 6.85. The fourth-order valence-corrected chi connectivity index (χ4v) is 2.66. The minimum absolute atomic E-state index is 0.516. The molecule has 1 aromatic rings. The summed E-state index contributed by atoms with van der Waals surface area (Å²) in [6, 6.07) is 2.04. The van der Waals surface area contributed by atoms with Gasteiger partial charge < -0.3 is 10.0 Å². The van der Waals surface area contributed by atoms with Gasteiger partial charge in [-0.3, -0.25) is 0 Å². The van der Waals surface area contributed by atoms with Gasteiger partial charge in [-0.25, -0.2) is 4.98 Å². The van der Waals surface area contributed by atoms with Gasteiger partial charge in [0, 0.05) is 24.3 Å². The molecule has 3 nitrogen and oxygen atoms in total. The Hall–Kier alpha value is -0.610. The lowest BCUT2D eigenvalue weighted by Crippen LogP contribution is -2.39. The van der Waals surface area contributed by atoms with Crippen LogP contribution in [-0.2, 0) is 0 Å². The summed E-state index contributed by atoms with van der Waals surface area (Å²) in [5.74, 6) is 0.922. The SMILES string of the molecule is Cc1cc(N(C)CC2(O)CCCC2)ncc1Br. The van der Waals surface area contributed by atoms with Crippen molar-refractivity contribution in [3.05, 3.63) is 22.3 Å². The van der Waals surface area contributed by atoms with E-state index in [0.29, 0.717) is 6.54 Å². The van der Waals surface area contributed by atoms with Crippen molar-refractivity contribution in [1.82, 2.24) is 4.98 Å². The number of aliphatic hydroxyl groups is 1. The van der Waals surface area contributed by atoms with E-state index in [1.807, 2.05) is 31.1 Å². The molecule has 0 saturated heterocycles. The van der Waals surface area contributed by atoms with Crippen molar-refractivity contribution in [1.29, 1.82) is 0 Å². The molecule has 0 atom stereocenters. The summed E-state index contributed by atoms with van der Waals surface area (Å²) in [7, 11) is 1.99. The van der Waals surface area contributed by atoms with E-state index in [1.165, 1.54) is 5.56 Å². The molecule has 0 spiro atoms. The fourth-order valence-electron chi connectivity index (χ4n) is 2.45. The van der Waals surface area contributed by atoms with Crippen molar-refractivity contribution in [3.63, 3.8) is 0 Å². The Labute approximate surface area is 111 Å². The molecule has 0 amide bonds. The lowest BCUT2D eigenvalue weighted by atomic mass is 10.0. The topological polar surface area (TPSA) is 36.4 Å². The zero-order chi connectivity index (χ0) is 12.5. The molecule has 94 valence electrons. The van der Waals surface area contributed by atoms with Crippen LogP contribution in [0.5, 0.6) is 0 Å². The van der Waals surface area contributed by atoms with Crippen LogP contribution < -0.4 is 4.90 Å². The lowest BCUT2D eigenvalue weighted by molar-refractivity contribution is 0.0558. The highest BCUT2D eigenvalue weighted by Crippen LogP contribution is 2.31. The first kappa shape index (κ1) is 12.8. The third kappa shape index (κ3) is 2.99. The van der Waals surface area contributed by atoms with E-state index >= 15 is 0 Å². The van der Waals surface area contributed by atoms with Gasteiger partial charge in [-0.15, -0.1) is 0 Å². The summed E-state index contributed by atoms with van der Waals surface area (Å²) in [5, 5.41) is 10.4. The van der Waals surface area contributed by atoms with Crippen molar-refractivity contribution >= 4 is 21.7 Å². The van der Waals surface area contributed by atoms with Gasteiger partial charge in [0.1, 0.15) is 5.82 Å². The first-order chi connectivity index (χ1) is 8.00. The summed E-state index contributed by atoms with van der Waals surface area (Å²) >= 11 is 3.45. The number of aryl methyl sites for hydroxylation is 1. The molecule has 1 fully saturated rings. The quantitative estimate of drug-likeness (QED) is 0.932. The molecule has 2 rings (SSSR count).